The molecule has 0 atom stereocenters. The van der Waals surface area contributed by atoms with Gasteiger partial charge in [-0.05, 0) is 62.4 Å². The normalized spacial score (nSPS) is 16.9. The van der Waals surface area contributed by atoms with Crippen LogP contribution in [0, 0.1) is 12.7 Å². The molecule has 0 aliphatic heterocycles. The molecule has 0 unspecified atom stereocenters. The van der Waals surface area contributed by atoms with Crippen LogP contribution >= 0.6 is 11.3 Å². The Morgan fingerprint density at radius 3 is 2.44 bits per heavy atom. The molecule has 5 nitrogen and oxygen atoms in total. The summed E-state index contributed by atoms with van der Waals surface area (Å²) in [6.07, 6.45) is 0.836. The van der Waals surface area contributed by atoms with E-state index in [1.54, 1.807) is 19.2 Å². The molecule has 0 radical (unpaired) electrons. The topological polar surface area (TPSA) is 79.3 Å². The Morgan fingerprint density at radius 2 is 1.89 bits per heavy atom. The molecule has 0 bridgehead atoms. The lowest BCUT2D eigenvalue weighted by molar-refractivity contribution is -0.137. The van der Waals surface area contributed by atoms with Gasteiger partial charge in [0, 0.05) is 28.9 Å². The van der Waals surface area contributed by atoms with E-state index in [2.05, 4.69) is 10.3 Å². The van der Waals surface area contributed by atoms with Gasteiger partial charge in [0.2, 0.25) is 5.91 Å². The Balaban J connectivity index is 1.43. The van der Waals surface area contributed by atoms with Crippen LogP contribution in [-0.4, -0.2) is 22.0 Å². The molecule has 10 heteroatoms. The van der Waals surface area contributed by atoms with Gasteiger partial charge in [-0.15, -0.1) is 11.3 Å². The van der Waals surface area contributed by atoms with E-state index in [1.165, 1.54) is 17.4 Å². The Hall–Kier alpha value is -3.27. The van der Waals surface area contributed by atoms with Crippen molar-refractivity contribution in [3.63, 3.8) is 0 Å². The second-order valence-electron chi connectivity index (χ2n) is 9.44. The summed E-state index contributed by atoms with van der Waals surface area (Å²) in [6.45, 7) is 1.74. The first kappa shape index (κ1) is 24.4. The minimum atomic E-state index is -4.69. The smallest absolute Gasteiger partial charge is 0.416 e. The number of aromatic carboxylic acids is 1. The van der Waals surface area contributed by atoms with E-state index in [9.17, 15) is 32.3 Å². The molecule has 1 amide bonds. The first-order valence-corrected chi connectivity index (χ1v) is 12.3. The molecule has 2 fully saturated rings. The summed E-state index contributed by atoms with van der Waals surface area (Å²) in [6, 6.07) is 5.16. The lowest BCUT2D eigenvalue weighted by atomic mass is 9.86. The zero-order chi connectivity index (χ0) is 25.8. The van der Waals surface area contributed by atoms with Crippen LogP contribution < -0.4 is 5.32 Å². The number of rotatable bonds is 6. The molecule has 2 aliphatic rings. The van der Waals surface area contributed by atoms with Gasteiger partial charge in [-0.1, -0.05) is 12.5 Å². The van der Waals surface area contributed by atoms with Crippen LogP contribution in [0.4, 0.5) is 23.2 Å². The van der Waals surface area contributed by atoms with Crippen LogP contribution in [0.1, 0.15) is 70.1 Å². The summed E-state index contributed by atoms with van der Waals surface area (Å²) in [7, 11) is 0. The van der Waals surface area contributed by atoms with Gasteiger partial charge in [-0.3, -0.25) is 4.79 Å². The van der Waals surface area contributed by atoms with Crippen LogP contribution in [0.15, 0.2) is 36.5 Å². The minimum absolute atomic E-state index is 0.000308. The molecule has 2 saturated carbocycles. The molecule has 1 heterocycles. The van der Waals surface area contributed by atoms with Crippen molar-refractivity contribution in [1.29, 1.82) is 0 Å². The van der Waals surface area contributed by atoms with Crippen LogP contribution in [-0.2, 0) is 16.4 Å². The molecule has 2 N–H and O–H groups in total. The fraction of sp³-hybridized carbons (Fsp3) is 0.346. The highest BCUT2D eigenvalue weighted by Crippen LogP contribution is 2.50. The molecule has 36 heavy (non-hydrogen) atoms. The van der Waals surface area contributed by atoms with E-state index in [1.807, 2.05) is 0 Å². The lowest BCUT2D eigenvalue weighted by Gasteiger charge is -2.22. The van der Waals surface area contributed by atoms with Crippen molar-refractivity contribution < 1.29 is 32.3 Å². The molecule has 2 aliphatic carbocycles. The van der Waals surface area contributed by atoms with Crippen molar-refractivity contribution >= 4 is 28.9 Å². The summed E-state index contributed by atoms with van der Waals surface area (Å²) in [5, 5.41) is 13.5. The molecule has 5 rings (SSSR count). The molecule has 2 aromatic carbocycles. The number of carbonyl (C=O) groups is 2. The third-order valence-corrected chi connectivity index (χ3v) is 8.22. The standard InChI is InChI=1S/C26H22F4N2O3S/c1-13-9-16(11-17(23(33)34)21(13)20-12-31-22(36-20)14-3-2-4-14)32-24(35)25(7-8-25)18-6-5-15(10-19(18)27)26(28,29)30/h5-6,9-12,14H,2-4,7-8H2,1H3,(H,32,35)(H,33,34). The van der Waals surface area contributed by atoms with E-state index >= 15 is 0 Å². The fourth-order valence-electron chi connectivity index (χ4n) is 4.68. The number of thiazole rings is 1. The molecule has 188 valence electrons. The second kappa shape index (κ2) is 8.69. The van der Waals surface area contributed by atoms with E-state index in [0.717, 1.165) is 41.3 Å². The SMILES string of the molecule is Cc1cc(NC(=O)C2(c3ccc(C(F)(F)F)cc3F)CC2)cc(C(=O)O)c1-c1cnc(C2CCC2)s1. The largest absolute Gasteiger partial charge is 0.478 e. The Bertz CT molecular complexity index is 1370. The summed E-state index contributed by atoms with van der Waals surface area (Å²) in [5.74, 6) is -2.44. The number of carboxylic acid groups (broad SMARTS) is 1. The van der Waals surface area contributed by atoms with Crippen LogP contribution in [0.2, 0.25) is 0 Å². The molecular formula is C26H22F4N2O3S. The van der Waals surface area contributed by atoms with Gasteiger partial charge < -0.3 is 10.4 Å². The van der Waals surface area contributed by atoms with E-state index < -0.39 is 34.8 Å². The van der Waals surface area contributed by atoms with Gasteiger partial charge in [-0.25, -0.2) is 14.2 Å². The maximum absolute atomic E-state index is 14.6. The number of carbonyl (C=O) groups excluding carboxylic acids is 1. The van der Waals surface area contributed by atoms with Crippen molar-refractivity contribution in [1.82, 2.24) is 4.98 Å². The Labute approximate surface area is 208 Å². The van der Waals surface area contributed by atoms with Gasteiger partial charge in [0.05, 0.1) is 26.4 Å². The molecular weight excluding hydrogens is 496 g/mol. The number of aromatic nitrogens is 1. The number of nitrogens with one attached hydrogen (secondary N) is 1. The number of halogens is 4. The highest BCUT2D eigenvalue weighted by atomic mass is 32.1. The van der Waals surface area contributed by atoms with E-state index in [-0.39, 0.29) is 29.7 Å². The van der Waals surface area contributed by atoms with Crippen molar-refractivity contribution in [3.05, 3.63) is 69.6 Å². The fourth-order valence-corrected chi connectivity index (χ4v) is 5.89. The number of carboxylic acids is 1. The summed E-state index contributed by atoms with van der Waals surface area (Å²) in [4.78, 5) is 30.5. The van der Waals surface area contributed by atoms with Crippen molar-refractivity contribution in [2.45, 2.75) is 56.5 Å². The number of aryl methyl sites for hydroxylation is 1. The average Bonchev–Trinajstić information content (AvgIpc) is 3.44. The third-order valence-electron chi connectivity index (χ3n) is 7.04. The number of nitrogens with zero attached hydrogens (tertiary/aromatic N) is 1. The highest BCUT2D eigenvalue weighted by molar-refractivity contribution is 7.15. The van der Waals surface area contributed by atoms with Gasteiger partial charge in [0.15, 0.2) is 0 Å². The Kier molecular flexibility index (Phi) is 5.89. The number of hydrogen-bond donors (Lipinski definition) is 2. The lowest BCUT2D eigenvalue weighted by Crippen LogP contribution is -2.29. The molecule has 1 aromatic heterocycles. The number of hydrogen-bond acceptors (Lipinski definition) is 4. The quantitative estimate of drug-likeness (QED) is 0.348. The van der Waals surface area contributed by atoms with Crippen LogP contribution in [0.25, 0.3) is 10.4 Å². The molecule has 0 saturated heterocycles. The maximum Gasteiger partial charge on any atom is 0.416 e. The summed E-state index contributed by atoms with van der Waals surface area (Å²) in [5.41, 5.74) is -1.15. The number of alkyl halides is 3. The molecule has 3 aromatic rings. The number of amides is 1. The van der Waals surface area contributed by atoms with Crippen molar-refractivity contribution in [2.24, 2.45) is 0 Å². The summed E-state index contributed by atoms with van der Waals surface area (Å²) >= 11 is 1.47. The van der Waals surface area contributed by atoms with Crippen LogP contribution in [0.5, 0.6) is 0 Å². The predicted molar refractivity (Wildman–Crippen MR) is 127 cm³/mol. The first-order valence-electron chi connectivity index (χ1n) is 11.5. The van der Waals surface area contributed by atoms with Crippen molar-refractivity contribution in [3.8, 4) is 10.4 Å². The molecule has 0 spiro atoms. The second-order valence-corrected chi connectivity index (χ2v) is 10.5. The van der Waals surface area contributed by atoms with Gasteiger partial charge in [0.25, 0.3) is 0 Å². The highest BCUT2D eigenvalue weighted by Gasteiger charge is 2.53. The summed E-state index contributed by atoms with van der Waals surface area (Å²) < 4.78 is 53.4. The maximum atomic E-state index is 14.6. The van der Waals surface area contributed by atoms with E-state index in [4.69, 9.17) is 0 Å². The monoisotopic (exact) mass is 518 g/mol. The zero-order valence-corrected chi connectivity index (χ0v) is 20.0. The van der Waals surface area contributed by atoms with Gasteiger partial charge in [0.1, 0.15) is 5.82 Å². The number of benzene rings is 2. The average molecular weight is 519 g/mol. The van der Waals surface area contributed by atoms with Crippen LogP contribution in [0.3, 0.4) is 0 Å². The third kappa shape index (κ3) is 4.27. The number of anilines is 1. The van der Waals surface area contributed by atoms with Gasteiger partial charge in [-0.2, -0.15) is 13.2 Å². The minimum Gasteiger partial charge on any atom is -0.478 e. The first-order chi connectivity index (χ1) is 17.0. The zero-order valence-electron chi connectivity index (χ0n) is 19.2. The Morgan fingerprint density at radius 1 is 1.17 bits per heavy atom. The van der Waals surface area contributed by atoms with Gasteiger partial charge >= 0.3 is 12.1 Å². The van der Waals surface area contributed by atoms with E-state index in [0.29, 0.717) is 23.1 Å². The van der Waals surface area contributed by atoms with Crippen molar-refractivity contribution in [2.75, 3.05) is 5.32 Å². The predicted octanol–water partition coefficient (Wildman–Crippen LogP) is 6.91.